The van der Waals surface area contributed by atoms with Crippen molar-refractivity contribution in [3.63, 3.8) is 0 Å². The number of fused-ring (bicyclic) bond motifs is 2. The van der Waals surface area contributed by atoms with E-state index in [1.165, 1.54) is 16.0 Å². The molecule has 0 fully saturated rings. The Labute approximate surface area is 111 Å². The molecule has 1 aliphatic rings. The van der Waals surface area contributed by atoms with Crippen molar-refractivity contribution in [2.45, 2.75) is 29.9 Å². The van der Waals surface area contributed by atoms with Gasteiger partial charge in [-0.2, -0.15) is 0 Å². The summed E-state index contributed by atoms with van der Waals surface area (Å²) in [6, 6.07) is 13.8. The molecular weight excluding hydrogens is 243 g/mol. The van der Waals surface area contributed by atoms with Gasteiger partial charge in [0.05, 0.1) is 0 Å². The lowest BCUT2D eigenvalue weighted by Crippen LogP contribution is -2.02. The van der Waals surface area contributed by atoms with Crippen molar-refractivity contribution < 1.29 is 4.39 Å². The molecule has 0 N–H and O–H groups in total. The van der Waals surface area contributed by atoms with Crippen molar-refractivity contribution in [3.8, 4) is 0 Å². The van der Waals surface area contributed by atoms with Crippen LogP contribution in [0.1, 0.15) is 36.0 Å². The van der Waals surface area contributed by atoms with Crippen molar-refractivity contribution in [2.75, 3.05) is 0 Å². The average Bonchev–Trinajstić information content (AvgIpc) is 2.55. The highest BCUT2D eigenvalue weighted by Gasteiger charge is 2.22. The fraction of sp³-hybridized carbons (Fsp3) is 0.250. The van der Waals surface area contributed by atoms with E-state index in [4.69, 9.17) is 0 Å². The van der Waals surface area contributed by atoms with Crippen LogP contribution in [-0.4, -0.2) is 0 Å². The van der Waals surface area contributed by atoms with Gasteiger partial charge in [-0.3, -0.25) is 0 Å². The molecule has 1 heterocycles. The number of rotatable bonds is 1. The third kappa shape index (κ3) is 1.95. The minimum Gasteiger partial charge on any atom is -0.207 e. The van der Waals surface area contributed by atoms with Gasteiger partial charge in [0.2, 0.25) is 0 Å². The van der Waals surface area contributed by atoms with E-state index in [1.54, 1.807) is 12.1 Å². The molecule has 2 aromatic rings. The molecule has 0 unspecified atom stereocenters. The first kappa shape index (κ1) is 11.8. The third-order valence-electron chi connectivity index (χ3n) is 3.57. The minimum atomic E-state index is -0.129. The average molecular weight is 258 g/mol. The fourth-order valence-electron chi connectivity index (χ4n) is 2.70. The Morgan fingerprint density at radius 3 is 2.83 bits per heavy atom. The van der Waals surface area contributed by atoms with Gasteiger partial charge in [0.15, 0.2) is 0 Å². The van der Waals surface area contributed by atoms with Gasteiger partial charge >= 0.3 is 0 Å². The summed E-state index contributed by atoms with van der Waals surface area (Å²) in [4.78, 5) is 1.33. The zero-order valence-electron chi connectivity index (χ0n) is 10.3. The Morgan fingerprint density at radius 2 is 2.00 bits per heavy atom. The first-order chi connectivity index (χ1) is 8.79. The topological polar surface area (TPSA) is 0 Å². The van der Waals surface area contributed by atoms with E-state index in [1.807, 2.05) is 17.8 Å². The molecule has 0 saturated heterocycles. The first-order valence-corrected chi connectivity index (χ1v) is 7.28. The van der Waals surface area contributed by atoms with Crippen LogP contribution in [0.4, 0.5) is 4.39 Å². The minimum absolute atomic E-state index is 0.129. The van der Waals surface area contributed by atoms with E-state index in [2.05, 4.69) is 31.2 Å². The lowest BCUT2D eigenvalue weighted by atomic mass is 9.86. The lowest BCUT2D eigenvalue weighted by molar-refractivity contribution is 0.623. The Hall–Kier alpha value is -1.28. The van der Waals surface area contributed by atoms with Crippen molar-refractivity contribution in [1.82, 2.24) is 0 Å². The molecule has 0 bridgehead atoms. The van der Waals surface area contributed by atoms with E-state index < -0.39 is 0 Å². The Bertz CT molecular complexity index is 577. The van der Waals surface area contributed by atoms with Crippen LogP contribution < -0.4 is 0 Å². The molecule has 92 valence electrons. The third-order valence-corrected chi connectivity index (χ3v) is 4.70. The number of halogens is 1. The van der Waals surface area contributed by atoms with Gasteiger partial charge in [-0.25, -0.2) is 4.39 Å². The molecule has 0 aromatic heterocycles. The molecule has 18 heavy (non-hydrogen) atoms. The second kappa shape index (κ2) is 4.77. The van der Waals surface area contributed by atoms with Gasteiger partial charge in [-0.1, -0.05) is 31.2 Å². The summed E-state index contributed by atoms with van der Waals surface area (Å²) in [5.41, 5.74) is 3.81. The van der Waals surface area contributed by atoms with E-state index in [0.29, 0.717) is 5.92 Å². The number of hydrogen-bond acceptors (Lipinski definition) is 1. The van der Waals surface area contributed by atoms with Gasteiger partial charge in [0.1, 0.15) is 5.82 Å². The smallest absolute Gasteiger partial charge is 0.123 e. The van der Waals surface area contributed by atoms with Gasteiger partial charge in [-0.15, -0.1) is 11.8 Å². The molecule has 0 spiro atoms. The summed E-state index contributed by atoms with van der Waals surface area (Å²) in [5, 5.41) is 0. The summed E-state index contributed by atoms with van der Waals surface area (Å²) >= 11 is 1.81. The number of benzene rings is 2. The molecule has 2 aromatic carbocycles. The van der Waals surface area contributed by atoms with Crippen molar-refractivity contribution in [1.29, 1.82) is 0 Å². The normalized spacial score (nSPS) is 17.8. The highest BCUT2D eigenvalue weighted by atomic mass is 32.2. The zero-order chi connectivity index (χ0) is 12.5. The van der Waals surface area contributed by atoms with Crippen molar-refractivity contribution >= 4 is 11.8 Å². The molecular formula is C16H15FS. The maximum absolute atomic E-state index is 13.4. The highest BCUT2D eigenvalue weighted by molar-refractivity contribution is 7.98. The summed E-state index contributed by atoms with van der Waals surface area (Å²) in [6.45, 7) is 2.20. The van der Waals surface area contributed by atoms with E-state index in [9.17, 15) is 4.39 Å². The molecule has 2 heteroatoms. The standard InChI is InChI=1S/C16H15FS/c1-2-13-14-8-7-12(17)9-11(14)10-18-16-6-4-3-5-15(13)16/h3-9,13H,2,10H2,1H3/t13-/m0/s1. The molecule has 0 amide bonds. The second-order valence-electron chi connectivity index (χ2n) is 4.63. The van der Waals surface area contributed by atoms with Crippen LogP contribution in [0.2, 0.25) is 0 Å². The molecule has 0 radical (unpaired) electrons. The lowest BCUT2D eigenvalue weighted by Gasteiger charge is -2.18. The quantitative estimate of drug-likeness (QED) is 0.695. The fourth-order valence-corrected chi connectivity index (χ4v) is 3.81. The monoisotopic (exact) mass is 258 g/mol. The largest absolute Gasteiger partial charge is 0.207 e. The molecule has 0 nitrogen and oxygen atoms in total. The maximum atomic E-state index is 13.4. The predicted octanol–water partition coefficient (Wildman–Crippen LogP) is 4.97. The summed E-state index contributed by atoms with van der Waals surface area (Å²) < 4.78 is 13.4. The van der Waals surface area contributed by atoms with E-state index in [0.717, 1.165) is 17.7 Å². The SMILES string of the molecule is CC[C@H]1c2ccc(F)cc2CSc2ccccc21. The van der Waals surface area contributed by atoms with Gasteiger partial charge in [-0.05, 0) is 41.3 Å². The highest BCUT2D eigenvalue weighted by Crippen LogP contribution is 2.41. The maximum Gasteiger partial charge on any atom is 0.123 e. The number of thioether (sulfide) groups is 1. The van der Waals surface area contributed by atoms with Crippen LogP contribution in [0, 0.1) is 5.82 Å². The molecule has 0 aliphatic carbocycles. The van der Waals surface area contributed by atoms with Crippen LogP contribution in [-0.2, 0) is 5.75 Å². The van der Waals surface area contributed by atoms with Crippen LogP contribution in [0.3, 0.4) is 0 Å². The zero-order valence-corrected chi connectivity index (χ0v) is 11.1. The number of hydrogen-bond donors (Lipinski definition) is 0. The van der Waals surface area contributed by atoms with Crippen molar-refractivity contribution in [3.05, 3.63) is 65.0 Å². The predicted molar refractivity (Wildman–Crippen MR) is 74.5 cm³/mol. The summed E-state index contributed by atoms with van der Waals surface area (Å²) in [5.74, 6) is 1.13. The first-order valence-electron chi connectivity index (χ1n) is 6.29. The molecule has 1 aliphatic heterocycles. The van der Waals surface area contributed by atoms with Gasteiger partial charge < -0.3 is 0 Å². The van der Waals surface area contributed by atoms with E-state index in [-0.39, 0.29) is 5.82 Å². The Balaban J connectivity index is 2.18. The molecule has 1 atom stereocenters. The second-order valence-corrected chi connectivity index (χ2v) is 5.65. The van der Waals surface area contributed by atoms with Crippen LogP contribution in [0.5, 0.6) is 0 Å². The molecule has 3 rings (SSSR count). The van der Waals surface area contributed by atoms with Crippen LogP contribution in [0.25, 0.3) is 0 Å². The van der Waals surface area contributed by atoms with Gasteiger partial charge in [0, 0.05) is 16.6 Å². The summed E-state index contributed by atoms with van der Waals surface area (Å²) in [6.07, 6.45) is 1.05. The van der Waals surface area contributed by atoms with Crippen molar-refractivity contribution in [2.24, 2.45) is 0 Å². The van der Waals surface area contributed by atoms with Crippen LogP contribution >= 0.6 is 11.8 Å². The Morgan fingerprint density at radius 1 is 1.17 bits per heavy atom. The van der Waals surface area contributed by atoms with E-state index >= 15 is 0 Å². The Kier molecular flexibility index (Phi) is 3.13. The van der Waals surface area contributed by atoms with Gasteiger partial charge in [0.25, 0.3) is 0 Å². The summed E-state index contributed by atoms with van der Waals surface area (Å²) in [7, 11) is 0. The molecule has 0 saturated carbocycles. The van der Waals surface area contributed by atoms with Crippen LogP contribution in [0.15, 0.2) is 47.4 Å².